The third-order valence-electron chi connectivity index (χ3n) is 5.74. The summed E-state index contributed by atoms with van der Waals surface area (Å²) in [6.45, 7) is 9.71. The third kappa shape index (κ3) is 4.06. The van der Waals surface area contributed by atoms with Crippen molar-refractivity contribution < 1.29 is 14.6 Å². The molecule has 0 amide bonds. The summed E-state index contributed by atoms with van der Waals surface area (Å²) in [7, 11) is 0. The van der Waals surface area contributed by atoms with Crippen molar-refractivity contribution >= 4 is 12.1 Å². The van der Waals surface area contributed by atoms with Gasteiger partial charge in [-0.3, -0.25) is 5.41 Å². The molecule has 0 aliphatic carbocycles. The van der Waals surface area contributed by atoms with E-state index < -0.39 is 5.72 Å². The number of hydroxylamine groups is 1. The summed E-state index contributed by atoms with van der Waals surface area (Å²) in [6, 6.07) is 7.66. The van der Waals surface area contributed by atoms with E-state index in [1.54, 1.807) is 20.1 Å². The van der Waals surface area contributed by atoms with Crippen molar-refractivity contribution in [3.8, 4) is 11.5 Å². The van der Waals surface area contributed by atoms with E-state index in [9.17, 15) is 10.3 Å². The Kier molecular flexibility index (Phi) is 5.55. The van der Waals surface area contributed by atoms with E-state index in [-0.39, 0.29) is 0 Å². The van der Waals surface area contributed by atoms with Gasteiger partial charge in [0, 0.05) is 24.6 Å². The molecule has 0 radical (unpaired) electrons. The normalized spacial score (nSPS) is 18.7. The van der Waals surface area contributed by atoms with Gasteiger partial charge in [-0.05, 0) is 68.5 Å². The molecule has 0 saturated heterocycles. The van der Waals surface area contributed by atoms with Crippen LogP contribution in [0.2, 0.25) is 0 Å². The molecule has 1 unspecified atom stereocenters. The van der Waals surface area contributed by atoms with E-state index in [1.807, 2.05) is 45.0 Å². The highest BCUT2D eigenvalue weighted by molar-refractivity contribution is 5.77. The van der Waals surface area contributed by atoms with E-state index in [0.717, 1.165) is 38.1 Å². The van der Waals surface area contributed by atoms with Crippen LogP contribution >= 0.6 is 0 Å². The van der Waals surface area contributed by atoms with Crippen molar-refractivity contribution in [2.45, 2.75) is 59.7 Å². The predicted molar refractivity (Wildman–Crippen MR) is 115 cm³/mol. The Labute approximate surface area is 171 Å². The second-order valence-electron chi connectivity index (χ2n) is 7.99. The maximum Gasteiger partial charge on any atom is 0.313 e. The number of aromatic hydroxyl groups is 1. The summed E-state index contributed by atoms with van der Waals surface area (Å²) in [5, 5.41) is 33.8. The fourth-order valence-corrected chi connectivity index (χ4v) is 3.68. The van der Waals surface area contributed by atoms with Gasteiger partial charge in [-0.1, -0.05) is 12.1 Å². The molecule has 3 N–H and O–H groups in total. The first-order valence-corrected chi connectivity index (χ1v) is 9.82. The van der Waals surface area contributed by atoms with E-state index in [1.165, 1.54) is 0 Å². The highest BCUT2D eigenvalue weighted by Gasteiger charge is 2.41. The highest BCUT2D eigenvalue weighted by atomic mass is 16.6. The number of nitrogens with zero attached hydrogens (tertiary/aromatic N) is 1. The van der Waals surface area contributed by atoms with Crippen LogP contribution < -0.4 is 10.1 Å². The van der Waals surface area contributed by atoms with E-state index in [4.69, 9.17) is 10.1 Å². The average molecular weight is 396 g/mol. The molecule has 1 atom stereocenters. The second kappa shape index (κ2) is 7.78. The fraction of sp³-hybridized carbons (Fsp3) is 0.391. The molecule has 2 aromatic rings. The average Bonchev–Trinajstić information content (AvgIpc) is 2.69. The first-order chi connectivity index (χ1) is 13.6. The molecule has 0 spiro atoms. The molecule has 6 nitrogen and oxygen atoms in total. The molecule has 0 bridgehead atoms. The lowest BCUT2D eigenvalue weighted by molar-refractivity contribution is -0.592. The molecule has 3 rings (SSSR count). The van der Waals surface area contributed by atoms with Gasteiger partial charge in [0.15, 0.2) is 6.21 Å². The van der Waals surface area contributed by atoms with Crippen LogP contribution in [0.4, 0.5) is 0 Å². The van der Waals surface area contributed by atoms with Gasteiger partial charge in [0.1, 0.15) is 11.5 Å². The van der Waals surface area contributed by atoms with Crippen molar-refractivity contribution in [1.82, 2.24) is 5.32 Å². The van der Waals surface area contributed by atoms with Crippen LogP contribution in [0, 0.1) is 31.4 Å². The van der Waals surface area contributed by atoms with Crippen molar-refractivity contribution in [3.05, 3.63) is 62.9 Å². The Morgan fingerprint density at radius 2 is 2.03 bits per heavy atom. The van der Waals surface area contributed by atoms with Gasteiger partial charge in [0.2, 0.25) is 0 Å². The Hall–Kier alpha value is -3.02. The number of phenolic OH excluding ortho intramolecular Hbond substituents is 1. The number of nitrogens with one attached hydrogen (secondary N) is 2. The standard InChI is InChI=1S/C23H29N3O3/c1-14-15(2)22-20(16(3)21(14)27)9-10-23(5,29-22)26(28)13-19-8-6-7-18(11-19)12-25-17(4)24/h6-8,11,13,27H,9-10,12H2,1-5H3,(H2,24,25)/b26-13-. The Balaban J connectivity index is 1.90. The fourth-order valence-electron chi connectivity index (χ4n) is 3.68. The number of fused-ring (bicyclic) bond motifs is 1. The molecular weight excluding hydrogens is 366 g/mol. The monoisotopic (exact) mass is 395 g/mol. The van der Waals surface area contributed by atoms with Crippen molar-refractivity contribution in [1.29, 1.82) is 5.41 Å². The van der Waals surface area contributed by atoms with Crippen LogP contribution in [0.3, 0.4) is 0 Å². The van der Waals surface area contributed by atoms with E-state index in [2.05, 4.69) is 5.32 Å². The van der Waals surface area contributed by atoms with Crippen LogP contribution in [-0.2, 0) is 13.0 Å². The zero-order valence-corrected chi connectivity index (χ0v) is 17.7. The van der Waals surface area contributed by atoms with Crippen LogP contribution in [0.5, 0.6) is 11.5 Å². The van der Waals surface area contributed by atoms with Crippen molar-refractivity contribution in [2.24, 2.45) is 0 Å². The summed E-state index contributed by atoms with van der Waals surface area (Å²) >= 11 is 0. The number of ether oxygens (including phenoxy) is 1. The van der Waals surface area contributed by atoms with Gasteiger partial charge in [0.05, 0.1) is 12.3 Å². The van der Waals surface area contributed by atoms with Crippen LogP contribution in [-0.4, -0.2) is 27.6 Å². The topological polar surface area (TPSA) is 91.4 Å². The van der Waals surface area contributed by atoms with E-state index >= 15 is 0 Å². The smallest absolute Gasteiger partial charge is 0.313 e. The van der Waals surface area contributed by atoms with Gasteiger partial charge in [-0.2, -0.15) is 4.74 Å². The highest BCUT2D eigenvalue weighted by Crippen LogP contribution is 2.43. The number of phenols is 1. The Morgan fingerprint density at radius 1 is 1.31 bits per heavy atom. The number of hydrogen-bond acceptors (Lipinski definition) is 4. The molecule has 0 fully saturated rings. The molecule has 2 aromatic carbocycles. The van der Waals surface area contributed by atoms with Gasteiger partial charge < -0.3 is 20.4 Å². The van der Waals surface area contributed by atoms with Gasteiger partial charge in [0.25, 0.3) is 0 Å². The largest absolute Gasteiger partial charge is 0.621 e. The molecule has 0 saturated carbocycles. The first-order valence-electron chi connectivity index (χ1n) is 9.82. The Bertz CT molecular complexity index is 997. The maximum absolute atomic E-state index is 13.1. The number of benzene rings is 2. The molecule has 1 aliphatic heterocycles. The summed E-state index contributed by atoms with van der Waals surface area (Å²) in [4.78, 5) is 0. The minimum absolute atomic E-state index is 0.310. The summed E-state index contributed by atoms with van der Waals surface area (Å²) in [5.74, 6) is 1.42. The zero-order valence-electron chi connectivity index (χ0n) is 17.7. The summed E-state index contributed by atoms with van der Waals surface area (Å²) < 4.78 is 7.13. The number of rotatable bonds is 4. The van der Waals surface area contributed by atoms with Crippen LogP contribution in [0.25, 0.3) is 0 Å². The molecule has 154 valence electrons. The summed E-state index contributed by atoms with van der Waals surface area (Å²) in [6.07, 6.45) is 2.75. The minimum atomic E-state index is -1.02. The summed E-state index contributed by atoms with van der Waals surface area (Å²) in [5.41, 5.74) is 4.22. The van der Waals surface area contributed by atoms with Gasteiger partial charge in [-0.25, -0.2) is 0 Å². The lowest BCUT2D eigenvalue weighted by atomic mass is 9.90. The zero-order chi connectivity index (χ0) is 21.3. The Morgan fingerprint density at radius 3 is 2.72 bits per heavy atom. The minimum Gasteiger partial charge on any atom is -0.621 e. The molecule has 1 heterocycles. The first kappa shape index (κ1) is 20.7. The number of amidine groups is 1. The molecule has 29 heavy (non-hydrogen) atoms. The molecule has 1 aliphatic rings. The quantitative estimate of drug-likeness (QED) is 0.239. The van der Waals surface area contributed by atoms with Gasteiger partial charge >= 0.3 is 5.72 Å². The maximum atomic E-state index is 13.1. The number of hydrogen-bond donors (Lipinski definition) is 3. The predicted octanol–water partition coefficient (Wildman–Crippen LogP) is 4.07. The second-order valence-corrected chi connectivity index (χ2v) is 7.99. The molecular formula is C23H29N3O3. The van der Waals surface area contributed by atoms with Crippen molar-refractivity contribution in [3.63, 3.8) is 0 Å². The third-order valence-corrected chi connectivity index (χ3v) is 5.74. The lowest BCUT2D eigenvalue weighted by Gasteiger charge is -2.35. The van der Waals surface area contributed by atoms with Crippen LogP contribution in [0.1, 0.15) is 53.6 Å². The SMILES string of the molecule is CC(=N)NCc1cccc(/C=[N+](\[O-])C2(C)CCc3c(C)c(O)c(C)c(C)c3O2)c1. The van der Waals surface area contributed by atoms with Crippen LogP contribution in [0.15, 0.2) is 24.3 Å². The van der Waals surface area contributed by atoms with Gasteiger partial charge in [-0.15, -0.1) is 0 Å². The lowest BCUT2D eigenvalue weighted by Crippen LogP contribution is -2.46. The van der Waals surface area contributed by atoms with Crippen molar-refractivity contribution in [2.75, 3.05) is 0 Å². The molecule has 0 aromatic heterocycles. The van der Waals surface area contributed by atoms with E-state index in [0.29, 0.717) is 36.7 Å². The molecule has 6 heteroatoms.